The lowest BCUT2D eigenvalue weighted by molar-refractivity contribution is -0.132. The van der Waals surface area contributed by atoms with E-state index < -0.39 is 0 Å². The van der Waals surface area contributed by atoms with Crippen molar-refractivity contribution in [3.05, 3.63) is 54.6 Å². The van der Waals surface area contributed by atoms with Gasteiger partial charge in [0.25, 0.3) is 0 Å². The van der Waals surface area contributed by atoms with Crippen molar-refractivity contribution in [3.8, 4) is 16.9 Å². The van der Waals surface area contributed by atoms with Gasteiger partial charge >= 0.3 is 0 Å². The number of hydrogen-bond donors (Lipinski definition) is 1. The van der Waals surface area contributed by atoms with Gasteiger partial charge in [0, 0.05) is 24.7 Å². The molecule has 0 radical (unpaired) electrons. The molecule has 1 heterocycles. The lowest BCUT2D eigenvalue weighted by atomic mass is 10.0. The summed E-state index contributed by atoms with van der Waals surface area (Å²) in [5.41, 5.74) is 8.10. The van der Waals surface area contributed by atoms with E-state index in [0.29, 0.717) is 19.6 Å². The summed E-state index contributed by atoms with van der Waals surface area (Å²) < 4.78 is 5.90. The molecular formula is C20H24N2O2. The second-order valence-corrected chi connectivity index (χ2v) is 6.20. The van der Waals surface area contributed by atoms with E-state index in [1.165, 1.54) is 0 Å². The SMILES string of the molecule is NC1CCCN(C(=O)CCOc2ccccc2-c2ccccc2)C1. The van der Waals surface area contributed by atoms with Gasteiger partial charge in [0.15, 0.2) is 0 Å². The van der Waals surface area contributed by atoms with E-state index in [0.717, 1.165) is 36.3 Å². The quantitative estimate of drug-likeness (QED) is 0.919. The molecule has 126 valence electrons. The van der Waals surface area contributed by atoms with Crippen LogP contribution >= 0.6 is 0 Å². The second kappa shape index (κ2) is 7.97. The maximum atomic E-state index is 12.3. The van der Waals surface area contributed by atoms with Crippen molar-refractivity contribution in [3.63, 3.8) is 0 Å². The fraction of sp³-hybridized carbons (Fsp3) is 0.350. The molecule has 1 saturated heterocycles. The van der Waals surface area contributed by atoms with Crippen molar-refractivity contribution < 1.29 is 9.53 Å². The van der Waals surface area contributed by atoms with Crippen LogP contribution in [0.15, 0.2) is 54.6 Å². The molecule has 0 bridgehead atoms. The number of hydrogen-bond acceptors (Lipinski definition) is 3. The number of para-hydroxylation sites is 1. The molecule has 2 aromatic carbocycles. The van der Waals surface area contributed by atoms with E-state index in [9.17, 15) is 4.79 Å². The number of ether oxygens (including phenoxy) is 1. The van der Waals surface area contributed by atoms with E-state index in [1.54, 1.807) is 0 Å². The first kappa shape index (κ1) is 16.5. The van der Waals surface area contributed by atoms with Gasteiger partial charge in [-0.1, -0.05) is 48.5 Å². The largest absolute Gasteiger partial charge is 0.492 e. The van der Waals surface area contributed by atoms with E-state index in [1.807, 2.05) is 47.4 Å². The topological polar surface area (TPSA) is 55.6 Å². The van der Waals surface area contributed by atoms with Crippen molar-refractivity contribution in [2.24, 2.45) is 5.73 Å². The van der Waals surface area contributed by atoms with Crippen LogP contribution in [0.4, 0.5) is 0 Å². The number of piperidine rings is 1. The maximum Gasteiger partial charge on any atom is 0.226 e. The zero-order valence-electron chi connectivity index (χ0n) is 13.9. The third kappa shape index (κ3) is 4.15. The molecule has 4 nitrogen and oxygen atoms in total. The van der Waals surface area contributed by atoms with Crippen LogP contribution in [0, 0.1) is 0 Å². The molecule has 0 saturated carbocycles. The zero-order valence-corrected chi connectivity index (χ0v) is 13.9. The van der Waals surface area contributed by atoms with Crippen LogP contribution in [-0.4, -0.2) is 36.5 Å². The molecular weight excluding hydrogens is 300 g/mol. The summed E-state index contributed by atoms with van der Waals surface area (Å²) in [6.07, 6.45) is 2.38. The van der Waals surface area contributed by atoms with E-state index in [4.69, 9.17) is 10.5 Å². The Balaban J connectivity index is 1.58. The predicted octanol–water partition coefficient (Wildman–Crippen LogP) is 3.07. The van der Waals surface area contributed by atoms with Crippen LogP contribution in [0.2, 0.25) is 0 Å². The fourth-order valence-electron chi connectivity index (χ4n) is 3.09. The first-order valence-corrected chi connectivity index (χ1v) is 8.54. The molecule has 0 aromatic heterocycles. The van der Waals surface area contributed by atoms with Crippen LogP contribution in [0.3, 0.4) is 0 Å². The summed E-state index contributed by atoms with van der Waals surface area (Å²) in [6, 6.07) is 18.2. The first-order chi connectivity index (χ1) is 11.7. The number of carbonyl (C=O) groups excluding carboxylic acids is 1. The van der Waals surface area contributed by atoms with Crippen molar-refractivity contribution in [2.45, 2.75) is 25.3 Å². The Bertz CT molecular complexity index is 672. The molecule has 0 spiro atoms. The fourth-order valence-corrected chi connectivity index (χ4v) is 3.09. The van der Waals surface area contributed by atoms with Crippen molar-refractivity contribution in [1.29, 1.82) is 0 Å². The van der Waals surface area contributed by atoms with Gasteiger partial charge in [0.2, 0.25) is 5.91 Å². The minimum Gasteiger partial charge on any atom is -0.492 e. The Morgan fingerprint density at radius 3 is 2.67 bits per heavy atom. The van der Waals surface area contributed by atoms with Gasteiger partial charge < -0.3 is 15.4 Å². The normalized spacial score (nSPS) is 17.5. The summed E-state index contributed by atoms with van der Waals surface area (Å²) in [6.45, 7) is 1.86. The average molecular weight is 324 g/mol. The van der Waals surface area contributed by atoms with E-state index in [2.05, 4.69) is 12.1 Å². The molecule has 4 heteroatoms. The van der Waals surface area contributed by atoms with Crippen molar-refractivity contribution in [1.82, 2.24) is 4.90 Å². The highest BCUT2D eigenvalue weighted by Gasteiger charge is 2.21. The summed E-state index contributed by atoms with van der Waals surface area (Å²) in [4.78, 5) is 14.1. The Hall–Kier alpha value is -2.33. The first-order valence-electron chi connectivity index (χ1n) is 8.54. The third-order valence-electron chi connectivity index (χ3n) is 4.36. The number of likely N-dealkylation sites (tertiary alicyclic amines) is 1. The van der Waals surface area contributed by atoms with Gasteiger partial charge in [-0.15, -0.1) is 0 Å². The molecule has 1 amide bonds. The predicted molar refractivity (Wildman–Crippen MR) is 95.8 cm³/mol. The molecule has 3 rings (SSSR count). The number of amides is 1. The molecule has 0 aliphatic carbocycles. The molecule has 2 aromatic rings. The summed E-state index contributed by atoms with van der Waals surface area (Å²) in [5, 5.41) is 0. The molecule has 24 heavy (non-hydrogen) atoms. The Labute approximate surface area is 143 Å². The lowest BCUT2D eigenvalue weighted by Crippen LogP contribution is -2.46. The minimum absolute atomic E-state index is 0.113. The van der Waals surface area contributed by atoms with Crippen LogP contribution in [0.1, 0.15) is 19.3 Å². The van der Waals surface area contributed by atoms with E-state index >= 15 is 0 Å². The van der Waals surface area contributed by atoms with Crippen LogP contribution in [0.5, 0.6) is 5.75 Å². The molecule has 1 aliphatic heterocycles. The molecule has 1 unspecified atom stereocenters. The van der Waals surface area contributed by atoms with Crippen LogP contribution in [-0.2, 0) is 4.79 Å². The summed E-state index contributed by atoms with van der Waals surface area (Å²) in [7, 11) is 0. The highest BCUT2D eigenvalue weighted by atomic mass is 16.5. The highest BCUT2D eigenvalue weighted by molar-refractivity contribution is 5.76. The Morgan fingerprint density at radius 2 is 1.88 bits per heavy atom. The van der Waals surface area contributed by atoms with Crippen LogP contribution < -0.4 is 10.5 Å². The number of rotatable bonds is 5. The standard InChI is InChI=1S/C20H24N2O2/c21-17-9-6-13-22(15-17)20(23)12-14-24-19-11-5-4-10-18(19)16-7-2-1-3-8-16/h1-5,7-8,10-11,17H,6,9,12-15,21H2. The molecule has 1 atom stereocenters. The van der Waals surface area contributed by atoms with Gasteiger partial charge in [-0.3, -0.25) is 4.79 Å². The summed E-state index contributed by atoms with van der Waals surface area (Å²) in [5.74, 6) is 0.939. The smallest absolute Gasteiger partial charge is 0.226 e. The van der Waals surface area contributed by atoms with Gasteiger partial charge in [-0.05, 0) is 24.5 Å². The van der Waals surface area contributed by atoms with Gasteiger partial charge in [-0.25, -0.2) is 0 Å². The summed E-state index contributed by atoms with van der Waals surface area (Å²) >= 11 is 0. The Kier molecular flexibility index (Phi) is 5.49. The zero-order chi connectivity index (χ0) is 16.8. The second-order valence-electron chi connectivity index (χ2n) is 6.20. The monoisotopic (exact) mass is 324 g/mol. The van der Waals surface area contributed by atoms with Gasteiger partial charge in [-0.2, -0.15) is 0 Å². The minimum atomic E-state index is 0.113. The third-order valence-corrected chi connectivity index (χ3v) is 4.36. The lowest BCUT2D eigenvalue weighted by Gasteiger charge is -2.30. The Morgan fingerprint density at radius 1 is 1.12 bits per heavy atom. The van der Waals surface area contributed by atoms with Crippen LogP contribution in [0.25, 0.3) is 11.1 Å². The number of nitrogens with zero attached hydrogens (tertiary/aromatic N) is 1. The van der Waals surface area contributed by atoms with Crippen molar-refractivity contribution >= 4 is 5.91 Å². The van der Waals surface area contributed by atoms with Gasteiger partial charge in [0.05, 0.1) is 13.0 Å². The number of carbonyl (C=O) groups is 1. The molecule has 2 N–H and O–H groups in total. The van der Waals surface area contributed by atoms with E-state index in [-0.39, 0.29) is 11.9 Å². The molecule has 1 fully saturated rings. The number of nitrogens with two attached hydrogens (primary N) is 1. The highest BCUT2D eigenvalue weighted by Crippen LogP contribution is 2.29. The maximum absolute atomic E-state index is 12.3. The van der Waals surface area contributed by atoms with Crippen molar-refractivity contribution in [2.75, 3.05) is 19.7 Å². The number of benzene rings is 2. The average Bonchev–Trinajstić information content (AvgIpc) is 2.63. The van der Waals surface area contributed by atoms with Gasteiger partial charge in [0.1, 0.15) is 5.75 Å². The molecule has 1 aliphatic rings.